The highest BCUT2D eigenvalue weighted by Crippen LogP contribution is 2.15. The van der Waals surface area contributed by atoms with Gasteiger partial charge in [0.1, 0.15) is 0 Å². The summed E-state index contributed by atoms with van der Waals surface area (Å²) in [6.07, 6.45) is 9.68. The third-order valence-electron chi connectivity index (χ3n) is 4.28. The normalized spacial score (nSPS) is 19.1. The summed E-state index contributed by atoms with van der Waals surface area (Å²) < 4.78 is 8.08. The Kier molecular flexibility index (Phi) is 5.77. The molecule has 124 valence electrons. The lowest BCUT2D eigenvalue weighted by Crippen LogP contribution is -2.40. The number of nitrogens with zero attached hydrogens (tertiary/aromatic N) is 4. The van der Waals surface area contributed by atoms with E-state index in [1.165, 1.54) is 18.5 Å². The molecule has 0 spiro atoms. The maximum Gasteiger partial charge on any atom is 0.0892 e. The summed E-state index contributed by atoms with van der Waals surface area (Å²) in [4.78, 5) is 6.84. The molecule has 23 heavy (non-hydrogen) atoms. The predicted molar refractivity (Wildman–Crippen MR) is 90.1 cm³/mol. The first-order valence-electron chi connectivity index (χ1n) is 8.52. The summed E-state index contributed by atoms with van der Waals surface area (Å²) in [7, 11) is 0. The number of rotatable bonds is 7. The molecule has 0 N–H and O–H groups in total. The fourth-order valence-corrected chi connectivity index (χ4v) is 3.08. The molecule has 2 aromatic rings. The summed E-state index contributed by atoms with van der Waals surface area (Å²) in [6, 6.07) is 5.97. The van der Waals surface area contributed by atoms with Crippen LogP contribution in [0.2, 0.25) is 0 Å². The van der Waals surface area contributed by atoms with E-state index < -0.39 is 0 Å². The quantitative estimate of drug-likeness (QED) is 0.788. The van der Waals surface area contributed by atoms with E-state index in [-0.39, 0.29) is 0 Å². The van der Waals surface area contributed by atoms with Crippen molar-refractivity contribution < 1.29 is 4.74 Å². The Morgan fingerprint density at radius 1 is 1.30 bits per heavy atom. The standard InChI is InChI=1S/C18H26N4O/c1-16-12-20-22(13-16)11-5-10-21-9-4-7-18(14-21)23-15-17-6-2-3-8-19-17/h2-3,6,8,12-13,18H,4-5,7,9-11,14-15H2,1H3/t18-/m0/s1. The molecule has 1 aliphatic heterocycles. The monoisotopic (exact) mass is 314 g/mol. The van der Waals surface area contributed by atoms with E-state index in [0.29, 0.717) is 12.7 Å². The minimum atomic E-state index is 0.331. The van der Waals surface area contributed by atoms with Crippen LogP contribution in [0, 0.1) is 6.92 Å². The minimum Gasteiger partial charge on any atom is -0.371 e. The predicted octanol–water partition coefficient (Wildman–Crippen LogP) is 2.66. The molecule has 5 heteroatoms. The highest BCUT2D eigenvalue weighted by Gasteiger charge is 2.20. The van der Waals surface area contributed by atoms with Gasteiger partial charge in [0.2, 0.25) is 0 Å². The van der Waals surface area contributed by atoms with Crippen molar-refractivity contribution in [3.63, 3.8) is 0 Å². The first kappa shape index (κ1) is 16.1. The molecule has 0 bridgehead atoms. The SMILES string of the molecule is Cc1cnn(CCCN2CCC[C@H](OCc3ccccn3)C2)c1. The third-order valence-corrected chi connectivity index (χ3v) is 4.28. The zero-order valence-corrected chi connectivity index (χ0v) is 13.9. The molecule has 0 saturated carbocycles. The Bertz CT molecular complexity index is 584. The average molecular weight is 314 g/mol. The molecule has 1 aliphatic rings. The van der Waals surface area contributed by atoms with Crippen LogP contribution < -0.4 is 0 Å². The molecule has 2 aromatic heterocycles. The van der Waals surface area contributed by atoms with Gasteiger partial charge in [-0.3, -0.25) is 9.67 Å². The number of hydrogen-bond donors (Lipinski definition) is 0. The van der Waals surface area contributed by atoms with E-state index in [1.807, 2.05) is 35.3 Å². The first-order chi connectivity index (χ1) is 11.3. The van der Waals surface area contributed by atoms with Gasteiger partial charge in [-0.2, -0.15) is 5.10 Å². The molecule has 0 amide bonds. The third kappa shape index (κ3) is 5.15. The van der Waals surface area contributed by atoms with Gasteiger partial charge < -0.3 is 9.64 Å². The van der Waals surface area contributed by atoms with Crippen LogP contribution >= 0.6 is 0 Å². The largest absolute Gasteiger partial charge is 0.371 e. The van der Waals surface area contributed by atoms with Crippen LogP contribution in [-0.4, -0.2) is 45.4 Å². The molecular formula is C18H26N4O. The van der Waals surface area contributed by atoms with Gasteiger partial charge in [0.15, 0.2) is 0 Å². The van der Waals surface area contributed by atoms with E-state index in [9.17, 15) is 0 Å². The number of piperidine rings is 1. The van der Waals surface area contributed by atoms with E-state index in [2.05, 4.69) is 28.1 Å². The average Bonchev–Trinajstić information content (AvgIpc) is 3.00. The van der Waals surface area contributed by atoms with Crippen molar-refractivity contribution in [3.8, 4) is 0 Å². The fraction of sp³-hybridized carbons (Fsp3) is 0.556. The molecule has 3 rings (SSSR count). The lowest BCUT2D eigenvalue weighted by Gasteiger charge is -2.32. The maximum atomic E-state index is 6.05. The van der Waals surface area contributed by atoms with Crippen molar-refractivity contribution in [3.05, 3.63) is 48.0 Å². The lowest BCUT2D eigenvalue weighted by atomic mass is 10.1. The lowest BCUT2D eigenvalue weighted by molar-refractivity contribution is -0.0116. The van der Waals surface area contributed by atoms with Crippen molar-refractivity contribution in [2.24, 2.45) is 0 Å². The van der Waals surface area contributed by atoms with Crippen molar-refractivity contribution in [2.75, 3.05) is 19.6 Å². The number of likely N-dealkylation sites (tertiary alicyclic amines) is 1. The number of ether oxygens (including phenoxy) is 1. The van der Waals surface area contributed by atoms with Crippen LogP contribution in [0.15, 0.2) is 36.8 Å². The van der Waals surface area contributed by atoms with E-state index >= 15 is 0 Å². The van der Waals surface area contributed by atoms with Crippen molar-refractivity contribution in [2.45, 2.75) is 45.4 Å². The van der Waals surface area contributed by atoms with Crippen LogP contribution in [0.5, 0.6) is 0 Å². The Morgan fingerprint density at radius 3 is 3.04 bits per heavy atom. The summed E-state index contributed by atoms with van der Waals surface area (Å²) >= 11 is 0. The second-order valence-electron chi connectivity index (χ2n) is 6.33. The Labute approximate surface area is 138 Å². The summed E-state index contributed by atoms with van der Waals surface area (Å²) in [5.41, 5.74) is 2.24. The van der Waals surface area contributed by atoms with Crippen molar-refractivity contribution in [1.29, 1.82) is 0 Å². The van der Waals surface area contributed by atoms with Crippen LogP contribution in [0.25, 0.3) is 0 Å². The van der Waals surface area contributed by atoms with Crippen LogP contribution in [-0.2, 0) is 17.9 Å². The van der Waals surface area contributed by atoms with E-state index in [4.69, 9.17) is 4.74 Å². The number of pyridine rings is 1. The van der Waals surface area contributed by atoms with Gasteiger partial charge in [0.05, 0.1) is 24.6 Å². The van der Waals surface area contributed by atoms with E-state index in [1.54, 1.807) is 0 Å². The Hall–Kier alpha value is -1.72. The Morgan fingerprint density at radius 2 is 2.26 bits per heavy atom. The molecular weight excluding hydrogens is 288 g/mol. The molecule has 0 unspecified atom stereocenters. The Balaban J connectivity index is 1.37. The van der Waals surface area contributed by atoms with Crippen LogP contribution in [0.1, 0.15) is 30.5 Å². The first-order valence-corrected chi connectivity index (χ1v) is 8.52. The molecule has 0 aliphatic carbocycles. The summed E-state index contributed by atoms with van der Waals surface area (Å²) in [5, 5.41) is 4.34. The van der Waals surface area contributed by atoms with Gasteiger partial charge in [-0.05, 0) is 57.0 Å². The number of hydrogen-bond acceptors (Lipinski definition) is 4. The molecule has 1 saturated heterocycles. The van der Waals surface area contributed by atoms with Gasteiger partial charge in [0, 0.05) is 25.5 Å². The maximum absolute atomic E-state index is 6.05. The second-order valence-corrected chi connectivity index (χ2v) is 6.33. The zero-order chi connectivity index (χ0) is 15.9. The smallest absolute Gasteiger partial charge is 0.0892 e. The molecule has 3 heterocycles. The van der Waals surface area contributed by atoms with Crippen LogP contribution in [0.3, 0.4) is 0 Å². The molecule has 5 nitrogen and oxygen atoms in total. The van der Waals surface area contributed by atoms with Gasteiger partial charge in [0.25, 0.3) is 0 Å². The molecule has 1 atom stereocenters. The molecule has 0 radical (unpaired) electrons. The highest BCUT2D eigenvalue weighted by atomic mass is 16.5. The summed E-state index contributed by atoms with van der Waals surface area (Å²) in [6.45, 7) is 7.02. The minimum absolute atomic E-state index is 0.331. The number of aromatic nitrogens is 3. The fourth-order valence-electron chi connectivity index (χ4n) is 3.08. The number of aryl methyl sites for hydroxylation is 2. The van der Waals surface area contributed by atoms with Crippen LogP contribution in [0.4, 0.5) is 0 Å². The van der Waals surface area contributed by atoms with Gasteiger partial charge >= 0.3 is 0 Å². The van der Waals surface area contributed by atoms with Gasteiger partial charge in [-0.1, -0.05) is 6.07 Å². The topological polar surface area (TPSA) is 43.2 Å². The van der Waals surface area contributed by atoms with E-state index in [0.717, 1.165) is 38.2 Å². The van der Waals surface area contributed by atoms with Crippen molar-refractivity contribution in [1.82, 2.24) is 19.7 Å². The molecule has 0 aromatic carbocycles. The van der Waals surface area contributed by atoms with Gasteiger partial charge in [-0.25, -0.2) is 0 Å². The second kappa shape index (κ2) is 8.22. The molecule has 1 fully saturated rings. The highest BCUT2D eigenvalue weighted by molar-refractivity contribution is 5.02. The van der Waals surface area contributed by atoms with Crippen molar-refractivity contribution >= 4 is 0 Å². The van der Waals surface area contributed by atoms with Gasteiger partial charge in [-0.15, -0.1) is 0 Å². The summed E-state index contributed by atoms with van der Waals surface area (Å²) in [5.74, 6) is 0. The zero-order valence-electron chi connectivity index (χ0n) is 13.9.